The van der Waals surface area contributed by atoms with Crippen molar-refractivity contribution in [3.63, 3.8) is 0 Å². The molecule has 0 saturated heterocycles. The van der Waals surface area contributed by atoms with Crippen molar-refractivity contribution in [3.05, 3.63) is 22.8 Å². The predicted molar refractivity (Wildman–Crippen MR) is 88.7 cm³/mol. The van der Waals surface area contributed by atoms with Crippen LogP contribution in [0.15, 0.2) is 0 Å². The predicted octanol–water partition coefficient (Wildman–Crippen LogP) is 3.93. The van der Waals surface area contributed by atoms with E-state index in [4.69, 9.17) is 9.97 Å². The van der Waals surface area contributed by atoms with Crippen molar-refractivity contribution < 1.29 is 0 Å². The first-order valence-corrected chi connectivity index (χ1v) is 8.60. The topological polar surface area (TPSA) is 37.8 Å². The molecular weight excluding hydrogens is 258 g/mol. The lowest BCUT2D eigenvalue weighted by atomic mass is 9.96. The normalized spacial score (nSPS) is 18.5. The van der Waals surface area contributed by atoms with Crippen LogP contribution in [0.5, 0.6) is 0 Å². The van der Waals surface area contributed by atoms with Crippen molar-refractivity contribution in [2.45, 2.75) is 71.6 Å². The molecular formula is C18H31N3. The third-order valence-corrected chi connectivity index (χ3v) is 4.76. The SMILES string of the molecule is CNCC(C)Cc1c(C)nc(C2CCCCCC2)nc1C. The van der Waals surface area contributed by atoms with Crippen LogP contribution < -0.4 is 5.32 Å². The highest BCUT2D eigenvalue weighted by molar-refractivity contribution is 5.25. The Bertz CT molecular complexity index is 425. The average Bonchev–Trinajstić information content (AvgIpc) is 2.72. The van der Waals surface area contributed by atoms with E-state index in [2.05, 4.69) is 26.1 Å². The van der Waals surface area contributed by atoms with Crippen molar-refractivity contribution in [1.29, 1.82) is 0 Å². The van der Waals surface area contributed by atoms with Gasteiger partial charge in [0.1, 0.15) is 5.82 Å². The largest absolute Gasteiger partial charge is 0.319 e. The van der Waals surface area contributed by atoms with Gasteiger partial charge in [-0.05, 0) is 58.2 Å². The maximum atomic E-state index is 4.88. The Kier molecular flexibility index (Phi) is 6.16. The lowest BCUT2D eigenvalue weighted by Crippen LogP contribution is -2.20. The van der Waals surface area contributed by atoms with Crippen molar-refractivity contribution in [2.24, 2.45) is 5.92 Å². The summed E-state index contributed by atoms with van der Waals surface area (Å²) in [4.78, 5) is 9.76. The molecule has 0 spiro atoms. The first-order chi connectivity index (χ1) is 10.1. The van der Waals surface area contributed by atoms with Gasteiger partial charge in [0.2, 0.25) is 0 Å². The standard InChI is InChI=1S/C18H31N3/c1-13(12-19-4)11-17-14(2)20-18(21-15(17)3)16-9-7-5-6-8-10-16/h13,16,19H,5-12H2,1-4H3. The van der Waals surface area contributed by atoms with E-state index in [0.29, 0.717) is 11.8 Å². The summed E-state index contributed by atoms with van der Waals surface area (Å²) in [6, 6.07) is 0. The average molecular weight is 289 g/mol. The van der Waals surface area contributed by atoms with Crippen molar-refractivity contribution in [2.75, 3.05) is 13.6 Å². The van der Waals surface area contributed by atoms with Gasteiger partial charge in [0, 0.05) is 17.3 Å². The lowest BCUT2D eigenvalue weighted by Gasteiger charge is -2.18. The summed E-state index contributed by atoms with van der Waals surface area (Å²) in [6.07, 6.45) is 9.06. The molecule has 0 radical (unpaired) electrons. The van der Waals surface area contributed by atoms with E-state index >= 15 is 0 Å². The molecule has 1 aromatic heterocycles. The number of aromatic nitrogens is 2. The number of hydrogen-bond acceptors (Lipinski definition) is 3. The molecule has 1 atom stereocenters. The lowest BCUT2D eigenvalue weighted by molar-refractivity contribution is 0.529. The van der Waals surface area contributed by atoms with Crippen molar-refractivity contribution in [3.8, 4) is 0 Å². The third-order valence-electron chi connectivity index (χ3n) is 4.76. The Labute approximate surface area is 130 Å². The molecule has 1 unspecified atom stereocenters. The number of hydrogen-bond donors (Lipinski definition) is 1. The van der Waals surface area contributed by atoms with E-state index in [1.54, 1.807) is 0 Å². The molecule has 3 heteroatoms. The van der Waals surface area contributed by atoms with Gasteiger partial charge in [-0.25, -0.2) is 9.97 Å². The first kappa shape index (κ1) is 16.4. The van der Waals surface area contributed by atoms with Crippen LogP contribution in [-0.2, 0) is 6.42 Å². The van der Waals surface area contributed by atoms with E-state index < -0.39 is 0 Å². The minimum Gasteiger partial charge on any atom is -0.319 e. The van der Waals surface area contributed by atoms with Crippen LogP contribution in [0, 0.1) is 19.8 Å². The molecule has 21 heavy (non-hydrogen) atoms. The van der Waals surface area contributed by atoms with Gasteiger partial charge >= 0.3 is 0 Å². The van der Waals surface area contributed by atoms with Crippen molar-refractivity contribution in [1.82, 2.24) is 15.3 Å². The smallest absolute Gasteiger partial charge is 0.131 e. The fourth-order valence-electron chi connectivity index (χ4n) is 3.55. The highest BCUT2D eigenvalue weighted by Gasteiger charge is 2.19. The van der Waals surface area contributed by atoms with Crippen LogP contribution in [0.4, 0.5) is 0 Å². The molecule has 1 N–H and O–H groups in total. The van der Waals surface area contributed by atoms with Gasteiger partial charge in [-0.2, -0.15) is 0 Å². The molecule has 1 fully saturated rings. The van der Waals surface area contributed by atoms with Gasteiger partial charge in [0.25, 0.3) is 0 Å². The maximum absolute atomic E-state index is 4.88. The van der Waals surface area contributed by atoms with Gasteiger partial charge in [-0.3, -0.25) is 0 Å². The van der Waals surface area contributed by atoms with Crippen LogP contribution >= 0.6 is 0 Å². The second-order valence-electron chi connectivity index (χ2n) is 6.79. The molecule has 1 aromatic rings. The molecule has 1 aliphatic carbocycles. The van der Waals surface area contributed by atoms with Crippen LogP contribution in [0.2, 0.25) is 0 Å². The Morgan fingerprint density at radius 1 is 1.05 bits per heavy atom. The minimum atomic E-state index is 0.591. The Morgan fingerprint density at radius 2 is 1.62 bits per heavy atom. The van der Waals surface area contributed by atoms with Crippen LogP contribution in [0.1, 0.15) is 74.1 Å². The summed E-state index contributed by atoms with van der Waals surface area (Å²) < 4.78 is 0. The van der Waals surface area contributed by atoms with Crippen LogP contribution in [0.3, 0.4) is 0 Å². The molecule has 0 aromatic carbocycles. The van der Waals surface area contributed by atoms with Crippen LogP contribution in [0.25, 0.3) is 0 Å². The number of rotatable bonds is 5. The Morgan fingerprint density at radius 3 is 2.14 bits per heavy atom. The second-order valence-corrected chi connectivity index (χ2v) is 6.79. The summed E-state index contributed by atoms with van der Waals surface area (Å²) in [7, 11) is 2.02. The quantitative estimate of drug-likeness (QED) is 0.835. The van der Waals surface area contributed by atoms with E-state index in [1.807, 2.05) is 7.05 Å². The summed E-state index contributed by atoms with van der Waals surface area (Å²) in [5.41, 5.74) is 3.75. The third kappa shape index (κ3) is 4.50. The monoisotopic (exact) mass is 289 g/mol. The molecule has 0 amide bonds. The molecule has 0 bridgehead atoms. The number of aryl methyl sites for hydroxylation is 2. The van der Waals surface area contributed by atoms with E-state index in [0.717, 1.165) is 18.8 Å². The fourth-order valence-corrected chi connectivity index (χ4v) is 3.55. The molecule has 1 heterocycles. The van der Waals surface area contributed by atoms with Gasteiger partial charge in [-0.15, -0.1) is 0 Å². The van der Waals surface area contributed by atoms with Crippen LogP contribution in [-0.4, -0.2) is 23.6 Å². The highest BCUT2D eigenvalue weighted by Crippen LogP contribution is 2.30. The molecule has 1 saturated carbocycles. The molecule has 1 aliphatic rings. The highest BCUT2D eigenvalue weighted by atomic mass is 14.9. The second kappa shape index (κ2) is 7.88. The Hall–Kier alpha value is -0.960. The van der Waals surface area contributed by atoms with E-state index in [1.165, 1.54) is 55.5 Å². The number of nitrogens with one attached hydrogen (secondary N) is 1. The van der Waals surface area contributed by atoms with Gasteiger partial charge in [-0.1, -0.05) is 32.6 Å². The summed E-state index contributed by atoms with van der Waals surface area (Å²) in [5.74, 6) is 2.32. The van der Waals surface area contributed by atoms with Gasteiger partial charge in [0.05, 0.1) is 0 Å². The molecule has 118 valence electrons. The number of nitrogens with zero attached hydrogens (tertiary/aromatic N) is 2. The van der Waals surface area contributed by atoms with Gasteiger partial charge < -0.3 is 5.32 Å². The zero-order chi connectivity index (χ0) is 15.2. The van der Waals surface area contributed by atoms with E-state index in [-0.39, 0.29) is 0 Å². The zero-order valence-electron chi connectivity index (χ0n) is 14.2. The van der Waals surface area contributed by atoms with E-state index in [9.17, 15) is 0 Å². The summed E-state index contributed by atoms with van der Waals surface area (Å²) in [5, 5.41) is 3.26. The van der Waals surface area contributed by atoms with Gasteiger partial charge in [0.15, 0.2) is 0 Å². The fraction of sp³-hybridized carbons (Fsp3) is 0.778. The molecule has 0 aliphatic heterocycles. The summed E-state index contributed by atoms with van der Waals surface area (Å²) in [6.45, 7) is 7.66. The molecule has 3 nitrogen and oxygen atoms in total. The summed E-state index contributed by atoms with van der Waals surface area (Å²) >= 11 is 0. The van der Waals surface area contributed by atoms with Crippen molar-refractivity contribution >= 4 is 0 Å². The zero-order valence-corrected chi connectivity index (χ0v) is 14.2. The molecule has 2 rings (SSSR count). The first-order valence-electron chi connectivity index (χ1n) is 8.60. The Balaban J connectivity index is 2.15. The minimum absolute atomic E-state index is 0.591. The maximum Gasteiger partial charge on any atom is 0.131 e.